The third-order valence-corrected chi connectivity index (χ3v) is 2.32. The summed E-state index contributed by atoms with van der Waals surface area (Å²) >= 11 is 0. The van der Waals surface area contributed by atoms with Crippen LogP contribution in [-0.4, -0.2) is 17.5 Å². The molecule has 1 aromatic carbocycles. The summed E-state index contributed by atoms with van der Waals surface area (Å²) in [5.74, 6) is -3.40. The summed E-state index contributed by atoms with van der Waals surface area (Å²) in [6.45, 7) is 1.51. The van der Waals surface area contributed by atoms with E-state index in [0.717, 1.165) is 6.07 Å². The summed E-state index contributed by atoms with van der Waals surface area (Å²) in [6, 6.07) is 3.66. The molecule has 1 rings (SSSR count). The fourth-order valence-corrected chi connectivity index (χ4v) is 1.38. The van der Waals surface area contributed by atoms with E-state index in [1.807, 2.05) is 0 Å². The highest BCUT2D eigenvalue weighted by atomic mass is 19.3. The molecule has 0 bridgehead atoms. The van der Waals surface area contributed by atoms with E-state index in [4.69, 9.17) is 5.11 Å². The molecule has 1 unspecified atom stereocenters. The molecule has 5 heteroatoms. The zero-order valence-electron chi connectivity index (χ0n) is 8.58. The third kappa shape index (κ3) is 2.98. The molecule has 2 nitrogen and oxygen atoms in total. The number of rotatable bonds is 4. The molecule has 0 radical (unpaired) electrons. The topological polar surface area (TPSA) is 37.3 Å². The Labute approximate surface area is 90.7 Å². The minimum atomic E-state index is -2.82. The molecule has 0 aromatic heterocycles. The van der Waals surface area contributed by atoms with Crippen LogP contribution in [0.3, 0.4) is 0 Å². The van der Waals surface area contributed by atoms with Crippen LogP contribution in [0.1, 0.15) is 23.5 Å². The maximum absolute atomic E-state index is 13.1. The zero-order chi connectivity index (χ0) is 12.3. The van der Waals surface area contributed by atoms with Crippen molar-refractivity contribution in [3.63, 3.8) is 0 Å². The van der Waals surface area contributed by atoms with Crippen LogP contribution < -0.4 is 0 Å². The molecule has 0 saturated carbocycles. The van der Waals surface area contributed by atoms with Crippen molar-refractivity contribution in [2.75, 3.05) is 0 Å². The Morgan fingerprint density at radius 1 is 1.44 bits per heavy atom. The van der Waals surface area contributed by atoms with Gasteiger partial charge in [0.2, 0.25) is 6.43 Å². The van der Waals surface area contributed by atoms with Crippen LogP contribution in [0.5, 0.6) is 0 Å². The minimum absolute atomic E-state index is 0.0144. The summed E-state index contributed by atoms with van der Waals surface area (Å²) in [5, 5.41) is 8.49. The van der Waals surface area contributed by atoms with Crippen molar-refractivity contribution < 1.29 is 23.1 Å². The third-order valence-electron chi connectivity index (χ3n) is 2.32. The second-order valence-electron chi connectivity index (χ2n) is 3.55. The first-order valence-corrected chi connectivity index (χ1v) is 4.67. The van der Waals surface area contributed by atoms with Crippen LogP contribution in [0, 0.1) is 12.7 Å². The number of benzene rings is 1. The van der Waals surface area contributed by atoms with Gasteiger partial charge in [-0.3, -0.25) is 4.79 Å². The predicted molar refractivity (Wildman–Crippen MR) is 52.1 cm³/mol. The first kappa shape index (κ1) is 12.5. The molecule has 0 aliphatic heterocycles. The number of carboxylic acids is 1. The van der Waals surface area contributed by atoms with E-state index in [1.54, 1.807) is 0 Å². The van der Waals surface area contributed by atoms with E-state index in [-0.39, 0.29) is 5.56 Å². The second-order valence-corrected chi connectivity index (χ2v) is 3.55. The smallest absolute Gasteiger partial charge is 0.304 e. The Balaban J connectivity index is 3.01. The number of alkyl halides is 2. The van der Waals surface area contributed by atoms with E-state index in [1.165, 1.54) is 19.1 Å². The Bertz CT molecular complexity index is 391. The van der Waals surface area contributed by atoms with Gasteiger partial charge in [-0.25, -0.2) is 13.2 Å². The Kier molecular flexibility index (Phi) is 3.93. The van der Waals surface area contributed by atoms with Gasteiger partial charge in [0.25, 0.3) is 0 Å². The molecular weight excluding hydrogens is 221 g/mol. The normalized spacial score (nSPS) is 12.8. The van der Waals surface area contributed by atoms with Crippen molar-refractivity contribution in [3.05, 3.63) is 35.1 Å². The first-order chi connectivity index (χ1) is 7.41. The molecule has 0 saturated heterocycles. The highest BCUT2D eigenvalue weighted by molar-refractivity contribution is 5.68. The van der Waals surface area contributed by atoms with Gasteiger partial charge >= 0.3 is 5.97 Å². The van der Waals surface area contributed by atoms with Gasteiger partial charge in [-0.15, -0.1) is 0 Å². The molecule has 16 heavy (non-hydrogen) atoms. The predicted octanol–water partition coefficient (Wildman–Crippen LogP) is 2.96. The highest BCUT2D eigenvalue weighted by Gasteiger charge is 2.25. The van der Waals surface area contributed by atoms with Crippen molar-refractivity contribution in [2.24, 2.45) is 0 Å². The lowest BCUT2D eigenvalue weighted by atomic mass is 9.95. The van der Waals surface area contributed by atoms with Crippen LogP contribution >= 0.6 is 0 Å². The van der Waals surface area contributed by atoms with Crippen molar-refractivity contribution in [1.29, 1.82) is 0 Å². The number of aryl methyl sites for hydroxylation is 1. The lowest BCUT2D eigenvalue weighted by Gasteiger charge is -2.14. The average molecular weight is 232 g/mol. The molecule has 1 N–H and O–H groups in total. The molecule has 1 aromatic rings. The van der Waals surface area contributed by atoms with Crippen molar-refractivity contribution in [3.8, 4) is 0 Å². The minimum Gasteiger partial charge on any atom is -0.481 e. The van der Waals surface area contributed by atoms with Gasteiger partial charge < -0.3 is 5.11 Å². The van der Waals surface area contributed by atoms with E-state index < -0.39 is 30.6 Å². The molecule has 0 heterocycles. The quantitative estimate of drug-likeness (QED) is 0.866. The number of hydrogen-bond acceptors (Lipinski definition) is 1. The van der Waals surface area contributed by atoms with Gasteiger partial charge in [0, 0.05) is 0 Å². The molecule has 0 spiro atoms. The van der Waals surface area contributed by atoms with Gasteiger partial charge in [0.15, 0.2) is 0 Å². The zero-order valence-corrected chi connectivity index (χ0v) is 8.58. The SMILES string of the molecule is Cc1ccc(C(CC(=O)O)C(F)F)cc1F. The number of carbonyl (C=O) groups is 1. The Morgan fingerprint density at radius 3 is 2.50 bits per heavy atom. The van der Waals surface area contributed by atoms with Crippen LogP contribution in [0.2, 0.25) is 0 Å². The molecule has 0 aliphatic carbocycles. The fraction of sp³-hybridized carbons (Fsp3) is 0.364. The molecular formula is C11H11F3O2. The lowest BCUT2D eigenvalue weighted by Crippen LogP contribution is -2.14. The van der Waals surface area contributed by atoms with Crippen LogP contribution in [0.15, 0.2) is 18.2 Å². The maximum atomic E-state index is 13.1. The monoisotopic (exact) mass is 232 g/mol. The fourth-order valence-electron chi connectivity index (χ4n) is 1.38. The van der Waals surface area contributed by atoms with E-state index in [9.17, 15) is 18.0 Å². The Morgan fingerprint density at radius 2 is 2.06 bits per heavy atom. The standard InChI is InChI=1S/C11H11F3O2/c1-6-2-3-7(4-9(6)12)8(11(13)14)5-10(15)16/h2-4,8,11H,5H2,1H3,(H,15,16). The summed E-state index contributed by atoms with van der Waals surface area (Å²) in [6.07, 6.45) is -3.53. The maximum Gasteiger partial charge on any atom is 0.304 e. The average Bonchev–Trinajstić information content (AvgIpc) is 2.18. The molecule has 88 valence electrons. The molecule has 1 atom stereocenters. The van der Waals surface area contributed by atoms with Crippen LogP contribution in [-0.2, 0) is 4.79 Å². The van der Waals surface area contributed by atoms with Crippen LogP contribution in [0.4, 0.5) is 13.2 Å². The van der Waals surface area contributed by atoms with Gasteiger partial charge in [0.1, 0.15) is 5.82 Å². The van der Waals surface area contributed by atoms with Gasteiger partial charge in [-0.2, -0.15) is 0 Å². The highest BCUT2D eigenvalue weighted by Crippen LogP contribution is 2.28. The molecule has 0 fully saturated rings. The summed E-state index contributed by atoms with van der Waals surface area (Å²) in [7, 11) is 0. The van der Waals surface area contributed by atoms with Crippen molar-refractivity contribution >= 4 is 5.97 Å². The largest absolute Gasteiger partial charge is 0.481 e. The summed E-state index contributed by atoms with van der Waals surface area (Å²) in [4.78, 5) is 10.4. The molecule has 0 amide bonds. The van der Waals surface area contributed by atoms with Gasteiger partial charge in [-0.1, -0.05) is 12.1 Å². The summed E-state index contributed by atoms with van der Waals surface area (Å²) in [5.41, 5.74) is 0.354. The number of aliphatic carboxylic acids is 1. The number of carboxylic acid groups (broad SMARTS) is 1. The summed E-state index contributed by atoms with van der Waals surface area (Å²) < 4.78 is 38.3. The Hall–Kier alpha value is -1.52. The molecule has 0 aliphatic rings. The first-order valence-electron chi connectivity index (χ1n) is 4.67. The van der Waals surface area contributed by atoms with Crippen molar-refractivity contribution in [2.45, 2.75) is 25.7 Å². The number of halogens is 3. The van der Waals surface area contributed by atoms with Crippen molar-refractivity contribution in [1.82, 2.24) is 0 Å². The van der Waals surface area contributed by atoms with Gasteiger partial charge in [0.05, 0.1) is 12.3 Å². The van der Waals surface area contributed by atoms with E-state index >= 15 is 0 Å². The lowest BCUT2D eigenvalue weighted by molar-refractivity contribution is -0.138. The van der Waals surface area contributed by atoms with E-state index in [0.29, 0.717) is 5.56 Å². The van der Waals surface area contributed by atoms with Crippen LogP contribution in [0.25, 0.3) is 0 Å². The van der Waals surface area contributed by atoms with Gasteiger partial charge in [-0.05, 0) is 24.1 Å². The number of hydrogen-bond donors (Lipinski definition) is 1. The van der Waals surface area contributed by atoms with E-state index in [2.05, 4.69) is 0 Å². The second kappa shape index (κ2) is 5.01.